The van der Waals surface area contributed by atoms with E-state index in [0.29, 0.717) is 30.8 Å². The van der Waals surface area contributed by atoms with Crippen LogP contribution in [0, 0.1) is 6.92 Å². The molecule has 1 atom stereocenters. The number of aryl methyl sites for hydroxylation is 1. The van der Waals surface area contributed by atoms with Crippen LogP contribution in [-0.2, 0) is 11.3 Å². The maximum Gasteiger partial charge on any atom is 0.230 e. The van der Waals surface area contributed by atoms with E-state index in [-0.39, 0.29) is 5.78 Å². The number of likely N-dealkylation sites (tertiary alicyclic amines) is 1. The molecule has 0 bridgehead atoms. The van der Waals surface area contributed by atoms with Crippen LogP contribution in [0.1, 0.15) is 50.8 Å². The van der Waals surface area contributed by atoms with Gasteiger partial charge < -0.3 is 4.42 Å². The molecule has 18 heavy (non-hydrogen) atoms. The standard InChI is InChI=1S/C13H21N3O2/c1-10(17)8-12-6-4-3-5-7-16(12)9-13-15-14-11(2)18-13/h12H,3-9H2,1-2H3. The van der Waals surface area contributed by atoms with E-state index in [9.17, 15) is 4.79 Å². The number of ketones is 1. The summed E-state index contributed by atoms with van der Waals surface area (Å²) in [6.45, 7) is 5.14. The van der Waals surface area contributed by atoms with Crippen LogP contribution in [0.5, 0.6) is 0 Å². The van der Waals surface area contributed by atoms with Gasteiger partial charge in [0.2, 0.25) is 11.8 Å². The van der Waals surface area contributed by atoms with Crippen molar-refractivity contribution in [3.63, 3.8) is 0 Å². The van der Waals surface area contributed by atoms with Gasteiger partial charge in [0, 0.05) is 19.4 Å². The Labute approximate surface area is 108 Å². The highest BCUT2D eigenvalue weighted by atomic mass is 16.4. The molecule has 1 fully saturated rings. The highest BCUT2D eigenvalue weighted by molar-refractivity contribution is 5.76. The summed E-state index contributed by atoms with van der Waals surface area (Å²) in [6, 6.07) is 0.331. The van der Waals surface area contributed by atoms with Gasteiger partial charge in [0.1, 0.15) is 5.78 Å². The molecule has 1 aliphatic rings. The van der Waals surface area contributed by atoms with E-state index >= 15 is 0 Å². The zero-order chi connectivity index (χ0) is 13.0. The SMILES string of the molecule is CC(=O)CC1CCCCCN1Cc1nnc(C)o1. The molecule has 100 valence electrons. The van der Waals surface area contributed by atoms with Gasteiger partial charge in [0.15, 0.2) is 0 Å². The molecule has 1 aromatic rings. The van der Waals surface area contributed by atoms with E-state index < -0.39 is 0 Å². The van der Waals surface area contributed by atoms with Crippen molar-refractivity contribution in [3.8, 4) is 0 Å². The highest BCUT2D eigenvalue weighted by Crippen LogP contribution is 2.21. The number of aromatic nitrogens is 2. The van der Waals surface area contributed by atoms with Gasteiger partial charge in [-0.15, -0.1) is 10.2 Å². The Morgan fingerprint density at radius 3 is 2.89 bits per heavy atom. The molecule has 5 nitrogen and oxygen atoms in total. The van der Waals surface area contributed by atoms with Crippen molar-refractivity contribution < 1.29 is 9.21 Å². The zero-order valence-electron chi connectivity index (χ0n) is 11.2. The minimum absolute atomic E-state index is 0.258. The number of hydrogen-bond donors (Lipinski definition) is 0. The monoisotopic (exact) mass is 251 g/mol. The van der Waals surface area contributed by atoms with Crippen LogP contribution in [0.4, 0.5) is 0 Å². The summed E-state index contributed by atoms with van der Waals surface area (Å²) in [7, 11) is 0. The summed E-state index contributed by atoms with van der Waals surface area (Å²) in [6.07, 6.45) is 5.35. The number of rotatable bonds is 4. The van der Waals surface area contributed by atoms with Crippen molar-refractivity contribution >= 4 is 5.78 Å². The van der Waals surface area contributed by atoms with Gasteiger partial charge in [-0.2, -0.15) is 0 Å². The molecule has 0 aliphatic carbocycles. The number of carbonyl (C=O) groups excluding carboxylic acids is 1. The molecule has 0 radical (unpaired) electrons. The Kier molecular flexibility index (Phi) is 4.47. The second-order valence-corrected chi connectivity index (χ2v) is 5.09. The van der Waals surface area contributed by atoms with Gasteiger partial charge >= 0.3 is 0 Å². The fraction of sp³-hybridized carbons (Fsp3) is 0.769. The van der Waals surface area contributed by atoms with E-state index in [1.54, 1.807) is 13.8 Å². The zero-order valence-corrected chi connectivity index (χ0v) is 11.2. The Bertz CT molecular complexity index is 403. The van der Waals surface area contributed by atoms with E-state index in [0.717, 1.165) is 13.0 Å². The fourth-order valence-corrected chi connectivity index (χ4v) is 2.58. The molecule has 1 saturated heterocycles. The third-order valence-electron chi connectivity index (χ3n) is 3.43. The Morgan fingerprint density at radius 2 is 2.22 bits per heavy atom. The third kappa shape index (κ3) is 3.63. The summed E-state index contributed by atoms with van der Waals surface area (Å²) in [5.74, 6) is 1.51. The first-order valence-corrected chi connectivity index (χ1v) is 6.67. The Morgan fingerprint density at radius 1 is 1.39 bits per heavy atom. The van der Waals surface area contributed by atoms with E-state index in [2.05, 4.69) is 15.1 Å². The van der Waals surface area contributed by atoms with Crippen LogP contribution in [0.25, 0.3) is 0 Å². The quantitative estimate of drug-likeness (QED) is 0.820. The minimum atomic E-state index is 0.258. The van der Waals surface area contributed by atoms with Crippen LogP contribution in [0.3, 0.4) is 0 Å². The smallest absolute Gasteiger partial charge is 0.230 e. The lowest BCUT2D eigenvalue weighted by Gasteiger charge is -2.27. The molecule has 0 N–H and O–H groups in total. The van der Waals surface area contributed by atoms with Gasteiger partial charge in [-0.05, 0) is 26.3 Å². The number of Topliss-reactive ketones (excluding diaryl/α,β-unsaturated/α-hetero) is 1. The summed E-state index contributed by atoms with van der Waals surface area (Å²) in [4.78, 5) is 13.7. The van der Waals surface area contributed by atoms with Crippen molar-refractivity contribution in [1.29, 1.82) is 0 Å². The molecular formula is C13H21N3O2. The van der Waals surface area contributed by atoms with Gasteiger partial charge in [0.05, 0.1) is 6.54 Å². The normalized spacial score (nSPS) is 21.8. The summed E-state index contributed by atoms with van der Waals surface area (Å²) >= 11 is 0. The lowest BCUT2D eigenvalue weighted by atomic mass is 10.0. The Balaban J connectivity index is 2.02. The Hall–Kier alpha value is -1.23. The van der Waals surface area contributed by atoms with E-state index in [1.165, 1.54) is 19.3 Å². The molecule has 0 aromatic carbocycles. The second kappa shape index (κ2) is 6.09. The van der Waals surface area contributed by atoms with E-state index in [1.807, 2.05) is 0 Å². The highest BCUT2D eigenvalue weighted by Gasteiger charge is 2.23. The predicted octanol–water partition coefficient (Wildman–Crippen LogP) is 2.10. The minimum Gasteiger partial charge on any atom is -0.424 e. The first-order chi connectivity index (χ1) is 8.65. The lowest BCUT2D eigenvalue weighted by molar-refractivity contribution is -0.118. The first-order valence-electron chi connectivity index (χ1n) is 6.67. The molecule has 0 spiro atoms. The molecule has 0 amide bonds. The molecule has 2 rings (SSSR count). The summed E-state index contributed by atoms with van der Waals surface area (Å²) < 4.78 is 5.43. The molecule has 5 heteroatoms. The van der Waals surface area contributed by atoms with Gasteiger partial charge in [-0.3, -0.25) is 9.69 Å². The lowest BCUT2D eigenvalue weighted by Crippen LogP contribution is -2.35. The van der Waals surface area contributed by atoms with Gasteiger partial charge in [-0.25, -0.2) is 0 Å². The summed E-state index contributed by atoms with van der Waals surface area (Å²) in [5.41, 5.74) is 0. The van der Waals surface area contributed by atoms with Gasteiger partial charge in [0.25, 0.3) is 0 Å². The summed E-state index contributed by atoms with van der Waals surface area (Å²) in [5, 5.41) is 7.89. The van der Waals surface area contributed by atoms with Crippen LogP contribution in [-0.4, -0.2) is 33.5 Å². The maximum atomic E-state index is 11.3. The molecule has 1 aromatic heterocycles. The maximum absolute atomic E-state index is 11.3. The largest absolute Gasteiger partial charge is 0.424 e. The van der Waals surface area contributed by atoms with Crippen molar-refractivity contribution in [2.24, 2.45) is 0 Å². The number of nitrogens with zero attached hydrogens (tertiary/aromatic N) is 3. The first kappa shape index (κ1) is 13.2. The molecular weight excluding hydrogens is 230 g/mol. The van der Waals surface area contributed by atoms with Crippen molar-refractivity contribution in [2.75, 3.05) is 6.54 Å². The topological polar surface area (TPSA) is 59.2 Å². The second-order valence-electron chi connectivity index (χ2n) is 5.09. The number of hydrogen-bond acceptors (Lipinski definition) is 5. The van der Waals surface area contributed by atoms with Crippen LogP contribution < -0.4 is 0 Å². The van der Waals surface area contributed by atoms with E-state index in [4.69, 9.17) is 4.42 Å². The molecule has 2 heterocycles. The molecule has 1 unspecified atom stereocenters. The third-order valence-corrected chi connectivity index (χ3v) is 3.43. The van der Waals surface area contributed by atoms with Crippen LogP contribution in [0.15, 0.2) is 4.42 Å². The van der Waals surface area contributed by atoms with Crippen molar-refractivity contribution in [2.45, 2.75) is 58.5 Å². The average molecular weight is 251 g/mol. The van der Waals surface area contributed by atoms with Crippen molar-refractivity contribution in [3.05, 3.63) is 11.8 Å². The molecule has 0 saturated carbocycles. The van der Waals surface area contributed by atoms with Crippen LogP contribution >= 0.6 is 0 Å². The van der Waals surface area contributed by atoms with Crippen LogP contribution in [0.2, 0.25) is 0 Å². The fourth-order valence-electron chi connectivity index (χ4n) is 2.58. The number of carbonyl (C=O) groups is 1. The predicted molar refractivity (Wildman–Crippen MR) is 67.0 cm³/mol. The average Bonchev–Trinajstić information content (AvgIpc) is 2.58. The van der Waals surface area contributed by atoms with Gasteiger partial charge in [-0.1, -0.05) is 12.8 Å². The van der Waals surface area contributed by atoms with Crippen molar-refractivity contribution in [1.82, 2.24) is 15.1 Å². The molecule has 1 aliphatic heterocycles.